The fourth-order valence-corrected chi connectivity index (χ4v) is 11.3. The van der Waals surface area contributed by atoms with Crippen molar-refractivity contribution < 1.29 is 0 Å². The molecule has 4 heterocycles. The number of nitrogens with zero attached hydrogens (tertiary/aromatic N) is 4. The van der Waals surface area contributed by atoms with Gasteiger partial charge in [0.2, 0.25) is 0 Å². The molecule has 0 saturated heterocycles. The van der Waals surface area contributed by atoms with Gasteiger partial charge in [0.1, 0.15) is 0 Å². The van der Waals surface area contributed by atoms with Crippen LogP contribution < -0.4 is 0 Å². The molecule has 0 saturated carbocycles. The van der Waals surface area contributed by atoms with Crippen LogP contribution in [-0.4, -0.2) is 19.9 Å². The summed E-state index contributed by atoms with van der Waals surface area (Å²) < 4.78 is 3.83. The summed E-state index contributed by atoms with van der Waals surface area (Å²) in [5.41, 5.74) is 11.6. The summed E-state index contributed by atoms with van der Waals surface area (Å²) in [5, 5.41) is 4.91. The van der Waals surface area contributed by atoms with Crippen LogP contribution in [0, 0.1) is 0 Å². The molecule has 4 nitrogen and oxygen atoms in total. The van der Waals surface area contributed by atoms with E-state index in [-0.39, 0.29) is 0 Å². The molecular formula is C56H34N4S2. The Morgan fingerprint density at radius 1 is 0.323 bits per heavy atom. The number of aromatic nitrogens is 4. The molecular weight excluding hydrogens is 793 g/mol. The maximum absolute atomic E-state index is 5.44. The Morgan fingerprint density at radius 3 is 1.52 bits per heavy atom. The highest BCUT2D eigenvalue weighted by atomic mass is 32.1. The highest BCUT2D eigenvalue weighted by molar-refractivity contribution is 7.28. The van der Waals surface area contributed by atoms with Crippen molar-refractivity contribution in [1.82, 2.24) is 19.9 Å². The molecule has 8 aromatic carbocycles. The molecule has 4 aromatic heterocycles. The normalized spacial score (nSPS) is 11.5. The SMILES string of the molecule is c1ccc(-c2nc(-c3ccccc3)nc(-c3cccc(-c4cccc(-c5c(-c6cccc7c6sc6ccccc67)sc6c5c(-c5ccccc5)nc5ccccc56)c4)c3)n2)cc1. The van der Waals surface area contributed by atoms with Crippen molar-refractivity contribution >= 4 is 63.8 Å². The number of rotatable bonds is 7. The van der Waals surface area contributed by atoms with E-state index in [2.05, 4.69) is 146 Å². The Morgan fingerprint density at radius 2 is 0.823 bits per heavy atom. The summed E-state index contributed by atoms with van der Waals surface area (Å²) in [6, 6.07) is 72.6. The Balaban J connectivity index is 1.08. The lowest BCUT2D eigenvalue weighted by Gasteiger charge is -2.13. The van der Waals surface area contributed by atoms with Gasteiger partial charge in [0.25, 0.3) is 0 Å². The zero-order valence-electron chi connectivity index (χ0n) is 33.2. The fourth-order valence-electron chi connectivity index (χ4n) is 8.61. The Labute approximate surface area is 366 Å². The van der Waals surface area contributed by atoms with Crippen LogP contribution in [0.15, 0.2) is 206 Å². The first-order chi connectivity index (χ1) is 30.7. The second-order valence-electron chi connectivity index (χ2n) is 15.3. The number of pyridine rings is 1. The number of fused-ring (bicyclic) bond motifs is 6. The molecule has 0 unspecified atom stereocenters. The van der Waals surface area contributed by atoms with Crippen molar-refractivity contribution in [3.63, 3.8) is 0 Å². The maximum atomic E-state index is 5.44. The molecule has 0 spiro atoms. The second kappa shape index (κ2) is 15.1. The van der Waals surface area contributed by atoms with E-state index >= 15 is 0 Å². The molecule has 62 heavy (non-hydrogen) atoms. The van der Waals surface area contributed by atoms with E-state index in [0.29, 0.717) is 17.5 Å². The highest BCUT2D eigenvalue weighted by Gasteiger charge is 2.25. The van der Waals surface area contributed by atoms with Crippen LogP contribution in [0.3, 0.4) is 0 Å². The molecule has 0 N–H and O–H groups in total. The van der Waals surface area contributed by atoms with Crippen LogP contribution >= 0.6 is 22.7 Å². The summed E-state index contributed by atoms with van der Waals surface area (Å²) in [6.45, 7) is 0. The molecule has 0 aliphatic rings. The van der Waals surface area contributed by atoms with Crippen molar-refractivity contribution in [2.45, 2.75) is 0 Å². The monoisotopic (exact) mass is 826 g/mol. The van der Waals surface area contributed by atoms with Crippen LogP contribution in [0.2, 0.25) is 0 Å². The van der Waals surface area contributed by atoms with Gasteiger partial charge in [-0.3, -0.25) is 0 Å². The summed E-state index contributed by atoms with van der Waals surface area (Å²) in [5.74, 6) is 1.91. The third-order valence-electron chi connectivity index (χ3n) is 11.5. The number of hydrogen-bond donors (Lipinski definition) is 0. The van der Waals surface area contributed by atoms with E-state index in [0.717, 1.165) is 55.5 Å². The van der Waals surface area contributed by atoms with E-state index in [1.54, 1.807) is 0 Å². The first-order valence-corrected chi connectivity index (χ1v) is 22.3. The molecule has 12 aromatic rings. The lowest BCUT2D eigenvalue weighted by Crippen LogP contribution is -2.00. The Bertz CT molecular complexity index is 3580. The van der Waals surface area contributed by atoms with Crippen molar-refractivity contribution in [2.24, 2.45) is 0 Å². The largest absolute Gasteiger partial charge is 0.247 e. The van der Waals surface area contributed by atoms with Gasteiger partial charge in [-0.1, -0.05) is 182 Å². The number of benzene rings is 8. The van der Waals surface area contributed by atoms with Gasteiger partial charge in [-0.15, -0.1) is 22.7 Å². The zero-order chi connectivity index (χ0) is 41.0. The third kappa shape index (κ3) is 6.28. The summed E-state index contributed by atoms with van der Waals surface area (Å²) >= 11 is 3.75. The van der Waals surface area contributed by atoms with Gasteiger partial charge < -0.3 is 0 Å². The van der Waals surface area contributed by atoms with Crippen molar-refractivity contribution in [2.75, 3.05) is 0 Å². The lowest BCUT2D eigenvalue weighted by atomic mass is 9.92. The first-order valence-electron chi connectivity index (χ1n) is 20.6. The van der Waals surface area contributed by atoms with Crippen LogP contribution in [0.5, 0.6) is 0 Å². The van der Waals surface area contributed by atoms with Crippen molar-refractivity contribution in [1.29, 1.82) is 0 Å². The predicted octanol–water partition coefficient (Wildman–Crippen LogP) is 15.7. The molecule has 6 heteroatoms. The number of thiophene rings is 2. The second-order valence-corrected chi connectivity index (χ2v) is 17.4. The van der Waals surface area contributed by atoms with Gasteiger partial charge in [-0.05, 0) is 41.0 Å². The molecule has 0 aliphatic carbocycles. The Kier molecular flexibility index (Phi) is 8.84. The highest BCUT2D eigenvalue weighted by Crippen LogP contribution is 2.53. The Hall–Kier alpha value is -7.64. The van der Waals surface area contributed by atoms with Gasteiger partial charge >= 0.3 is 0 Å². The minimum absolute atomic E-state index is 0.628. The standard InChI is InChI=1S/C56H34N4S2/c1-4-17-35(18-5-1)50-49-48(53(62-52(49)44-28-10-12-31-46(44)57-50)45-30-16-29-43-42-27-11-13-32-47(42)61-51(43)45)40-25-14-23-38(33-40)39-24-15-26-41(34-39)56-59-54(36-19-6-2-7-20-36)58-55(60-56)37-21-8-3-9-22-37/h1-34H. The van der Waals surface area contributed by atoms with Crippen molar-refractivity contribution in [3.8, 4) is 78.1 Å². The summed E-state index contributed by atoms with van der Waals surface area (Å²) in [7, 11) is 0. The van der Waals surface area contributed by atoms with E-state index in [4.69, 9.17) is 19.9 Å². The van der Waals surface area contributed by atoms with Crippen LogP contribution in [0.25, 0.3) is 119 Å². The number of para-hydroxylation sites is 1. The first kappa shape index (κ1) is 36.2. The maximum Gasteiger partial charge on any atom is 0.164 e. The van der Waals surface area contributed by atoms with Gasteiger partial charge in [0, 0.05) is 73.9 Å². The predicted molar refractivity (Wildman–Crippen MR) is 261 cm³/mol. The molecule has 12 rings (SSSR count). The molecule has 0 bridgehead atoms. The van der Waals surface area contributed by atoms with Crippen LogP contribution in [-0.2, 0) is 0 Å². The molecule has 0 fully saturated rings. The average molecular weight is 827 g/mol. The van der Waals surface area contributed by atoms with Crippen LogP contribution in [0.1, 0.15) is 0 Å². The van der Waals surface area contributed by atoms with E-state index in [9.17, 15) is 0 Å². The quantitative estimate of drug-likeness (QED) is 0.161. The van der Waals surface area contributed by atoms with E-state index in [1.807, 2.05) is 83.3 Å². The minimum Gasteiger partial charge on any atom is -0.247 e. The zero-order valence-corrected chi connectivity index (χ0v) is 34.9. The van der Waals surface area contributed by atoms with Gasteiger partial charge in [-0.2, -0.15) is 0 Å². The smallest absolute Gasteiger partial charge is 0.164 e. The summed E-state index contributed by atoms with van der Waals surface area (Å²) in [4.78, 5) is 21.7. The fraction of sp³-hybridized carbons (Fsp3) is 0. The average Bonchev–Trinajstić information content (AvgIpc) is 3.95. The topological polar surface area (TPSA) is 51.6 Å². The van der Waals surface area contributed by atoms with E-state index < -0.39 is 0 Å². The van der Waals surface area contributed by atoms with Gasteiger partial charge in [-0.25, -0.2) is 19.9 Å². The third-order valence-corrected chi connectivity index (χ3v) is 14.0. The molecule has 290 valence electrons. The van der Waals surface area contributed by atoms with Gasteiger partial charge in [0.15, 0.2) is 17.5 Å². The van der Waals surface area contributed by atoms with Crippen LogP contribution in [0.4, 0.5) is 0 Å². The summed E-state index contributed by atoms with van der Waals surface area (Å²) in [6.07, 6.45) is 0. The molecule has 0 aliphatic heterocycles. The minimum atomic E-state index is 0.628. The molecule has 0 atom stereocenters. The molecule has 0 radical (unpaired) electrons. The lowest BCUT2D eigenvalue weighted by molar-refractivity contribution is 1.07. The van der Waals surface area contributed by atoms with Crippen molar-refractivity contribution in [3.05, 3.63) is 206 Å². The number of hydrogen-bond acceptors (Lipinski definition) is 6. The van der Waals surface area contributed by atoms with Gasteiger partial charge in [0.05, 0.1) is 11.2 Å². The molecule has 0 amide bonds. The van der Waals surface area contributed by atoms with E-state index in [1.165, 1.54) is 46.3 Å².